The molecule has 6 nitrogen and oxygen atoms in total. The average molecular weight is 255 g/mol. The van der Waals surface area contributed by atoms with Gasteiger partial charge in [-0.25, -0.2) is 4.98 Å². The van der Waals surface area contributed by atoms with Gasteiger partial charge in [-0.1, -0.05) is 0 Å². The summed E-state index contributed by atoms with van der Waals surface area (Å²) < 4.78 is 0. The zero-order chi connectivity index (χ0) is 12.4. The fraction of sp³-hybridized carbons (Fsp3) is 0.500. The lowest BCUT2D eigenvalue weighted by Crippen LogP contribution is -2.29. The lowest BCUT2D eigenvalue weighted by atomic mass is 10.4. The number of H-pyrrole nitrogens is 1. The van der Waals surface area contributed by atoms with Gasteiger partial charge in [0.2, 0.25) is 5.28 Å². The van der Waals surface area contributed by atoms with Gasteiger partial charge in [0.15, 0.2) is 11.5 Å². The molecule has 2 aromatic heterocycles. The Morgan fingerprint density at radius 1 is 1.24 bits per heavy atom. The highest BCUT2D eigenvalue weighted by atomic mass is 35.5. The molecule has 0 aliphatic carbocycles. The molecular weight excluding hydrogens is 240 g/mol. The van der Waals surface area contributed by atoms with E-state index in [9.17, 15) is 0 Å². The van der Waals surface area contributed by atoms with Gasteiger partial charge in [-0.3, -0.25) is 0 Å². The van der Waals surface area contributed by atoms with Crippen molar-refractivity contribution in [2.75, 3.05) is 39.1 Å². The number of hydrogen-bond donors (Lipinski definition) is 1. The van der Waals surface area contributed by atoms with Gasteiger partial charge in [0.05, 0.1) is 6.33 Å². The van der Waals surface area contributed by atoms with Gasteiger partial charge in [0.1, 0.15) is 5.52 Å². The number of nitrogens with one attached hydrogen (secondary N) is 1. The van der Waals surface area contributed by atoms with Gasteiger partial charge in [-0.2, -0.15) is 9.97 Å². The van der Waals surface area contributed by atoms with E-state index in [1.807, 2.05) is 26.0 Å². The van der Waals surface area contributed by atoms with E-state index in [4.69, 9.17) is 11.6 Å². The molecule has 0 unspecified atom stereocenters. The van der Waals surface area contributed by atoms with Gasteiger partial charge in [-0.15, -0.1) is 0 Å². The molecule has 17 heavy (non-hydrogen) atoms. The third-order valence-electron chi connectivity index (χ3n) is 2.48. The molecule has 1 N–H and O–H groups in total. The lowest BCUT2D eigenvalue weighted by Gasteiger charge is -2.20. The van der Waals surface area contributed by atoms with Gasteiger partial charge in [-0.05, 0) is 25.7 Å². The van der Waals surface area contributed by atoms with Crippen LogP contribution in [0.2, 0.25) is 5.28 Å². The maximum absolute atomic E-state index is 5.87. The molecule has 2 heterocycles. The minimum Gasteiger partial charge on any atom is -0.356 e. The van der Waals surface area contributed by atoms with Crippen LogP contribution in [0, 0.1) is 0 Å². The molecule has 0 atom stereocenters. The second-order valence-corrected chi connectivity index (χ2v) is 4.48. The molecule has 7 heteroatoms. The first-order chi connectivity index (χ1) is 8.08. The minimum absolute atomic E-state index is 0.219. The summed E-state index contributed by atoms with van der Waals surface area (Å²) in [6, 6.07) is 0. The van der Waals surface area contributed by atoms with Crippen LogP contribution in [0.3, 0.4) is 0 Å². The summed E-state index contributed by atoms with van der Waals surface area (Å²) in [5, 5.41) is 0.219. The Morgan fingerprint density at radius 2 is 2.00 bits per heavy atom. The zero-order valence-electron chi connectivity index (χ0n) is 10.1. The van der Waals surface area contributed by atoms with Crippen LogP contribution in [0.15, 0.2) is 6.33 Å². The smallest absolute Gasteiger partial charge is 0.226 e. The summed E-state index contributed by atoms with van der Waals surface area (Å²) >= 11 is 5.87. The number of hydrogen-bond acceptors (Lipinski definition) is 5. The highest BCUT2D eigenvalue weighted by Gasteiger charge is 2.12. The molecule has 2 rings (SSSR count). The Balaban J connectivity index is 2.30. The van der Waals surface area contributed by atoms with Crippen LogP contribution in [-0.4, -0.2) is 59.1 Å². The molecule has 0 aliphatic heterocycles. The Bertz CT molecular complexity index is 508. The first kappa shape index (κ1) is 12.1. The summed E-state index contributed by atoms with van der Waals surface area (Å²) in [5.74, 6) is 0.777. The Kier molecular flexibility index (Phi) is 3.44. The number of anilines is 1. The highest BCUT2D eigenvalue weighted by molar-refractivity contribution is 6.28. The van der Waals surface area contributed by atoms with E-state index >= 15 is 0 Å². The molecule has 0 bridgehead atoms. The third kappa shape index (κ3) is 2.65. The van der Waals surface area contributed by atoms with Gasteiger partial charge < -0.3 is 14.8 Å². The summed E-state index contributed by atoms with van der Waals surface area (Å²) in [6.45, 7) is 1.79. The van der Waals surface area contributed by atoms with Crippen molar-refractivity contribution in [3.63, 3.8) is 0 Å². The SMILES string of the molecule is CN(C)CCN(C)c1nc(Cl)nc2nc[nH]c12. The van der Waals surface area contributed by atoms with E-state index in [0.29, 0.717) is 5.65 Å². The summed E-state index contributed by atoms with van der Waals surface area (Å²) in [5.41, 5.74) is 1.41. The van der Waals surface area contributed by atoms with Crippen LogP contribution >= 0.6 is 11.6 Å². The molecule has 0 aliphatic rings. The molecule has 92 valence electrons. The summed E-state index contributed by atoms with van der Waals surface area (Å²) in [6.07, 6.45) is 1.60. The molecule has 0 fully saturated rings. The van der Waals surface area contributed by atoms with E-state index in [2.05, 4.69) is 24.8 Å². The Morgan fingerprint density at radius 3 is 2.71 bits per heavy atom. The first-order valence-electron chi connectivity index (χ1n) is 5.30. The third-order valence-corrected chi connectivity index (χ3v) is 2.65. The van der Waals surface area contributed by atoms with E-state index in [1.54, 1.807) is 6.33 Å². The average Bonchev–Trinajstić information content (AvgIpc) is 2.72. The van der Waals surface area contributed by atoms with Crippen molar-refractivity contribution in [2.24, 2.45) is 0 Å². The topological polar surface area (TPSA) is 60.9 Å². The largest absolute Gasteiger partial charge is 0.356 e. The van der Waals surface area contributed by atoms with E-state index in [1.165, 1.54) is 0 Å². The lowest BCUT2D eigenvalue weighted by molar-refractivity contribution is 0.416. The van der Waals surface area contributed by atoms with Crippen LogP contribution < -0.4 is 4.90 Å². The number of aromatic amines is 1. The van der Waals surface area contributed by atoms with Crippen LogP contribution in [0.4, 0.5) is 5.82 Å². The van der Waals surface area contributed by atoms with Crippen molar-refractivity contribution in [3.8, 4) is 0 Å². The number of halogens is 1. The maximum atomic E-state index is 5.87. The summed E-state index contributed by atoms with van der Waals surface area (Å²) in [7, 11) is 6.04. The molecule has 0 saturated carbocycles. The Labute approximate surface area is 105 Å². The van der Waals surface area contributed by atoms with Gasteiger partial charge in [0.25, 0.3) is 0 Å². The molecular formula is C10H15ClN6. The van der Waals surface area contributed by atoms with Crippen molar-refractivity contribution in [1.29, 1.82) is 0 Å². The highest BCUT2D eigenvalue weighted by Crippen LogP contribution is 2.21. The molecule has 0 spiro atoms. The zero-order valence-corrected chi connectivity index (χ0v) is 10.9. The predicted molar refractivity (Wildman–Crippen MR) is 68.5 cm³/mol. The van der Waals surface area contributed by atoms with Gasteiger partial charge >= 0.3 is 0 Å². The molecule has 0 radical (unpaired) electrons. The van der Waals surface area contributed by atoms with Crippen LogP contribution in [0.25, 0.3) is 11.2 Å². The number of nitrogens with zero attached hydrogens (tertiary/aromatic N) is 5. The number of aromatic nitrogens is 4. The van der Waals surface area contributed by atoms with E-state index in [-0.39, 0.29) is 5.28 Å². The number of likely N-dealkylation sites (N-methyl/N-ethyl adjacent to an activating group) is 2. The molecule has 2 aromatic rings. The van der Waals surface area contributed by atoms with Crippen molar-refractivity contribution in [1.82, 2.24) is 24.8 Å². The van der Waals surface area contributed by atoms with E-state index < -0.39 is 0 Å². The maximum Gasteiger partial charge on any atom is 0.226 e. The first-order valence-corrected chi connectivity index (χ1v) is 5.68. The molecule has 0 aromatic carbocycles. The number of imidazole rings is 1. The standard InChI is InChI=1S/C10H15ClN6/c1-16(2)4-5-17(3)9-7-8(13-6-12-7)14-10(11)15-9/h6H,4-5H2,1-3H3,(H,12,13,14,15). The van der Waals surface area contributed by atoms with E-state index in [0.717, 1.165) is 24.4 Å². The van der Waals surface area contributed by atoms with Crippen LogP contribution in [0.1, 0.15) is 0 Å². The van der Waals surface area contributed by atoms with Crippen LogP contribution in [-0.2, 0) is 0 Å². The normalized spacial score (nSPS) is 11.4. The Hall–Kier alpha value is -1.40. The van der Waals surface area contributed by atoms with Crippen molar-refractivity contribution in [2.45, 2.75) is 0 Å². The fourth-order valence-electron chi connectivity index (χ4n) is 1.52. The predicted octanol–water partition coefficient (Wildman–Crippen LogP) is 1.00. The summed E-state index contributed by atoms with van der Waals surface area (Å²) in [4.78, 5) is 19.6. The fourth-order valence-corrected chi connectivity index (χ4v) is 1.68. The second kappa shape index (κ2) is 4.85. The number of fused-ring (bicyclic) bond motifs is 1. The quantitative estimate of drug-likeness (QED) is 0.825. The second-order valence-electron chi connectivity index (χ2n) is 4.14. The van der Waals surface area contributed by atoms with Gasteiger partial charge in [0, 0.05) is 20.1 Å². The monoisotopic (exact) mass is 254 g/mol. The molecule has 0 saturated heterocycles. The van der Waals surface area contributed by atoms with Crippen molar-refractivity contribution >= 4 is 28.6 Å². The minimum atomic E-state index is 0.219. The van der Waals surface area contributed by atoms with Crippen molar-refractivity contribution in [3.05, 3.63) is 11.6 Å². The number of rotatable bonds is 4. The van der Waals surface area contributed by atoms with Crippen molar-refractivity contribution < 1.29 is 0 Å². The molecule has 0 amide bonds. The van der Waals surface area contributed by atoms with Crippen LogP contribution in [0.5, 0.6) is 0 Å².